The molecule has 0 atom stereocenters. The smallest absolute Gasteiger partial charge is 0.245 e. The third kappa shape index (κ3) is 3.80. The van der Waals surface area contributed by atoms with E-state index >= 15 is 0 Å². The van der Waals surface area contributed by atoms with Crippen LogP contribution in [-0.4, -0.2) is 30.2 Å². The number of rotatable bonds is 4. The second-order valence-electron chi connectivity index (χ2n) is 2.38. The largest absolute Gasteiger partial charge is 0.481 e. The fourth-order valence-corrected chi connectivity index (χ4v) is 1.65. The molecular weight excluding hydrogens is 310 g/mol. The number of ether oxygens (including phenoxy) is 1. The summed E-state index contributed by atoms with van der Waals surface area (Å²) in [4.78, 5) is 7.43. The minimum atomic E-state index is -3.49. The van der Waals surface area contributed by atoms with Crippen LogP contribution in [0.3, 0.4) is 0 Å². The van der Waals surface area contributed by atoms with Gasteiger partial charge in [0.25, 0.3) is 0 Å². The molecule has 0 aromatic carbocycles. The maximum absolute atomic E-state index is 11.2. The maximum atomic E-state index is 11.2. The lowest BCUT2D eigenvalue weighted by Gasteiger charge is -2.05. The lowest BCUT2D eigenvalue weighted by Crippen LogP contribution is -2.15. The molecule has 6 nitrogen and oxygen atoms in total. The van der Waals surface area contributed by atoms with E-state index in [2.05, 4.69) is 30.6 Å². The maximum Gasteiger partial charge on any atom is 0.245 e. The number of alkyl halides is 1. The molecule has 84 valence electrons. The third-order valence-corrected chi connectivity index (χ3v) is 4.05. The molecule has 1 aromatic heterocycles. The van der Waals surface area contributed by atoms with Crippen LogP contribution in [-0.2, 0) is 10.0 Å². The highest BCUT2D eigenvalue weighted by Crippen LogP contribution is 2.16. The molecule has 0 aliphatic rings. The van der Waals surface area contributed by atoms with Crippen LogP contribution in [0.15, 0.2) is 6.07 Å². The Labute approximate surface area is 100 Å². The highest BCUT2D eigenvalue weighted by atomic mass is 79.9. The normalized spacial score (nSPS) is 11.1. The summed E-state index contributed by atoms with van der Waals surface area (Å²) in [7, 11) is -2.10. The Hall–Kier alpha value is -0.600. The molecule has 0 spiro atoms. The van der Waals surface area contributed by atoms with Gasteiger partial charge >= 0.3 is 0 Å². The molecule has 0 saturated carbocycles. The van der Waals surface area contributed by atoms with Gasteiger partial charge in [0, 0.05) is 6.07 Å². The van der Waals surface area contributed by atoms with Crippen LogP contribution in [0.1, 0.15) is 0 Å². The van der Waals surface area contributed by atoms with E-state index in [1.54, 1.807) is 0 Å². The van der Waals surface area contributed by atoms with E-state index < -0.39 is 10.0 Å². The predicted molar refractivity (Wildman–Crippen MR) is 59.9 cm³/mol. The first-order valence-electron chi connectivity index (χ1n) is 3.62. The van der Waals surface area contributed by atoms with E-state index in [1.165, 1.54) is 13.2 Å². The van der Waals surface area contributed by atoms with Gasteiger partial charge in [0.1, 0.15) is 9.82 Å². The average molecular weight is 317 g/mol. The number of halogens is 2. The first-order chi connectivity index (χ1) is 6.96. The predicted octanol–water partition coefficient (Wildman–Crippen LogP) is 1.23. The topological polar surface area (TPSA) is 81.2 Å². The molecule has 0 bridgehead atoms. The van der Waals surface area contributed by atoms with E-state index in [1.807, 2.05) is 0 Å². The Bertz CT molecular complexity index is 453. The first-order valence-corrected chi connectivity index (χ1v) is 6.77. The SMILES string of the molecule is COc1cc(Cl)nc(NS(=O)(=O)CBr)n1. The van der Waals surface area contributed by atoms with Crippen molar-refractivity contribution in [3.05, 3.63) is 11.2 Å². The summed E-state index contributed by atoms with van der Waals surface area (Å²) in [5.74, 6) is 0.0565. The molecule has 9 heteroatoms. The molecular formula is C6H7BrClN3O3S. The third-order valence-electron chi connectivity index (χ3n) is 1.27. The fraction of sp³-hybridized carbons (Fsp3) is 0.333. The molecule has 15 heavy (non-hydrogen) atoms. The van der Waals surface area contributed by atoms with Crippen molar-refractivity contribution in [3.8, 4) is 5.88 Å². The van der Waals surface area contributed by atoms with Gasteiger partial charge in [0.15, 0.2) is 0 Å². The summed E-state index contributed by atoms with van der Waals surface area (Å²) in [6.07, 6.45) is 0. The van der Waals surface area contributed by atoms with Crippen LogP contribution < -0.4 is 9.46 Å². The highest BCUT2D eigenvalue weighted by molar-refractivity contribution is 9.10. The van der Waals surface area contributed by atoms with Crippen molar-refractivity contribution < 1.29 is 13.2 Å². The van der Waals surface area contributed by atoms with Gasteiger partial charge in [-0.15, -0.1) is 0 Å². The standard InChI is InChI=1S/C6H7BrClN3O3S/c1-14-5-2-4(8)9-6(10-5)11-15(12,13)3-7/h2H,3H2,1H3,(H,9,10,11). The van der Waals surface area contributed by atoms with Gasteiger partial charge in [-0.05, 0) is 0 Å². The fourth-order valence-electron chi connectivity index (χ4n) is 0.714. The van der Waals surface area contributed by atoms with Gasteiger partial charge in [0.2, 0.25) is 21.9 Å². The Morgan fingerprint density at radius 2 is 2.27 bits per heavy atom. The number of hydrogen-bond donors (Lipinski definition) is 1. The number of aromatic nitrogens is 2. The Balaban J connectivity index is 3.00. The summed E-state index contributed by atoms with van der Waals surface area (Å²) in [5, 5.41) is 0.0918. The zero-order chi connectivity index (χ0) is 11.5. The summed E-state index contributed by atoms with van der Waals surface area (Å²) in [5.41, 5.74) is 0. The quantitative estimate of drug-likeness (QED) is 0.667. The van der Waals surface area contributed by atoms with Crippen LogP contribution in [0.5, 0.6) is 5.88 Å². The van der Waals surface area contributed by atoms with Crippen LogP contribution >= 0.6 is 27.5 Å². The Kier molecular flexibility index (Phi) is 4.12. The van der Waals surface area contributed by atoms with Crippen molar-refractivity contribution in [1.29, 1.82) is 0 Å². The Morgan fingerprint density at radius 3 is 2.80 bits per heavy atom. The van der Waals surface area contributed by atoms with E-state index in [4.69, 9.17) is 16.3 Å². The molecule has 0 fully saturated rings. The monoisotopic (exact) mass is 315 g/mol. The molecule has 0 unspecified atom stereocenters. The van der Waals surface area contributed by atoms with Crippen molar-refractivity contribution in [1.82, 2.24) is 9.97 Å². The molecule has 1 heterocycles. The van der Waals surface area contributed by atoms with Crippen molar-refractivity contribution >= 4 is 43.5 Å². The van der Waals surface area contributed by atoms with Crippen molar-refractivity contribution in [2.45, 2.75) is 0 Å². The molecule has 1 N–H and O–H groups in total. The summed E-state index contributed by atoms with van der Waals surface area (Å²) in [6, 6.07) is 1.37. The van der Waals surface area contributed by atoms with Gasteiger partial charge in [-0.25, -0.2) is 13.4 Å². The summed E-state index contributed by atoms with van der Waals surface area (Å²) in [6.45, 7) is 0. The molecule has 1 rings (SSSR count). The summed E-state index contributed by atoms with van der Waals surface area (Å²) < 4.78 is 29.0. The molecule has 0 radical (unpaired) electrons. The van der Waals surface area contributed by atoms with Crippen LogP contribution in [0.2, 0.25) is 5.15 Å². The zero-order valence-electron chi connectivity index (χ0n) is 7.57. The van der Waals surface area contributed by atoms with Crippen LogP contribution in [0, 0.1) is 0 Å². The van der Waals surface area contributed by atoms with Crippen LogP contribution in [0.25, 0.3) is 0 Å². The molecule has 1 aromatic rings. The lowest BCUT2D eigenvalue weighted by molar-refractivity contribution is 0.397. The van der Waals surface area contributed by atoms with Gasteiger partial charge in [-0.3, -0.25) is 4.72 Å². The van der Waals surface area contributed by atoms with E-state index in [-0.39, 0.29) is 21.6 Å². The number of nitrogens with one attached hydrogen (secondary N) is 1. The highest BCUT2D eigenvalue weighted by Gasteiger charge is 2.11. The number of hydrogen-bond acceptors (Lipinski definition) is 5. The molecule has 0 aliphatic carbocycles. The van der Waals surface area contributed by atoms with Gasteiger partial charge < -0.3 is 4.74 Å². The number of nitrogens with zero attached hydrogens (tertiary/aromatic N) is 2. The molecule has 0 aliphatic heterocycles. The Morgan fingerprint density at radius 1 is 1.60 bits per heavy atom. The van der Waals surface area contributed by atoms with Crippen molar-refractivity contribution in [3.63, 3.8) is 0 Å². The summed E-state index contributed by atoms with van der Waals surface area (Å²) >= 11 is 8.44. The average Bonchev–Trinajstić information content (AvgIpc) is 2.16. The second kappa shape index (κ2) is 4.95. The van der Waals surface area contributed by atoms with Crippen molar-refractivity contribution in [2.24, 2.45) is 0 Å². The number of methoxy groups -OCH3 is 1. The van der Waals surface area contributed by atoms with Crippen molar-refractivity contribution in [2.75, 3.05) is 16.5 Å². The van der Waals surface area contributed by atoms with Crippen LogP contribution in [0.4, 0.5) is 5.95 Å². The minimum Gasteiger partial charge on any atom is -0.481 e. The molecule has 0 saturated heterocycles. The van der Waals surface area contributed by atoms with Gasteiger partial charge in [0.05, 0.1) is 7.11 Å². The van der Waals surface area contributed by atoms with E-state index in [0.29, 0.717) is 0 Å². The number of anilines is 1. The zero-order valence-corrected chi connectivity index (χ0v) is 10.7. The molecule has 0 amide bonds. The van der Waals surface area contributed by atoms with E-state index in [9.17, 15) is 8.42 Å². The van der Waals surface area contributed by atoms with E-state index in [0.717, 1.165) is 0 Å². The lowest BCUT2D eigenvalue weighted by atomic mass is 10.6. The van der Waals surface area contributed by atoms with Gasteiger partial charge in [-0.2, -0.15) is 4.98 Å². The number of sulfonamides is 1. The second-order valence-corrected chi connectivity index (χ2v) is 5.80. The first kappa shape index (κ1) is 12.5. The van der Waals surface area contributed by atoms with Gasteiger partial charge in [-0.1, -0.05) is 27.5 Å². The minimum absolute atomic E-state index is 0.0918.